The summed E-state index contributed by atoms with van der Waals surface area (Å²) < 4.78 is 0. The van der Waals surface area contributed by atoms with Crippen LogP contribution in [-0.2, 0) is 4.79 Å². The zero-order chi connectivity index (χ0) is 16.4. The van der Waals surface area contributed by atoms with Crippen LogP contribution in [0.4, 0.5) is 17.2 Å². The van der Waals surface area contributed by atoms with Gasteiger partial charge in [-0.05, 0) is 31.5 Å². The molecule has 0 aliphatic carbocycles. The van der Waals surface area contributed by atoms with Crippen molar-refractivity contribution in [3.63, 3.8) is 0 Å². The minimum Gasteiger partial charge on any atom is -0.358 e. The number of nitro groups is 1. The standard InChI is InChI=1S/C16H16N4O3/c1-11-2-4-12(5-3-11)19-9-8-14(16(19)21)18-15-7-6-13(10-17-15)20(22)23/h2-7,10,14H,8-9H2,1H3,(H,17,18). The highest BCUT2D eigenvalue weighted by Crippen LogP contribution is 2.24. The molecule has 1 saturated heterocycles. The van der Waals surface area contributed by atoms with Gasteiger partial charge in [-0.3, -0.25) is 14.9 Å². The summed E-state index contributed by atoms with van der Waals surface area (Å²) in [7, 11) is 0. The molecule has 1 atom stereocenters. The van der Waals surface area contributed by atoms with Crippen molar-refractivity contribution in [1.82, 2.24) is 4.98 Å². The number of aryl methyl sites for hydroxylation is 1. The number of hydrogen-bond acceptors (Lipinski definition) is 5. The number of pyridine rings is 1. The van der Waals surface area contributed by atoms with Crippen molar-refractivity contribution in [2.75, 3.05) is 16.8 Å². The lowest BCUT2D eigenvalue weighted by molar-refractivity contribution is -0.385. The topological polar surface area (TPSA) is 88.4 Å². The Bertz CT molecular complexity index is 728. The number of nitrogens with one attached hydrogen (secondary N) is 1. The highest BCUT2D eigenvalue weighted by molar-refractivity contribution is 6.00. The van der Waals surface area contributed by atoms with Gasteiger partial charge >= 0.3 is 0 Å². The van der Waals surface area contributed by atoms with E-state index in [9.17, 15) is 14.9 Å². The van der Waals surface area contributed by atoms with Crippen LogP contribution in [0.2, 0.25) is 0 Å². The summed E-state index contributed by atoms with van der Waals surface area (Å²) in [6.07, 6.45) is 1.84. The number of carbonyl (C=O) groups is 1. The molecule has 3 rings (SSSR count). The third kappa shape index (κ3) is 3.13. The molecule has 0 radical (unpaired) electrons. The van der Waals surface area contributed by atoms with E-state index in [-0.39, 0.29) is 17.6 Å². The zero-order valence-corrected chi connectivity index (χ0v) is 12.6. The number of anilines is 2. The third-order valence-electron chi connectivity index (χ3n) is 3.83. The molecule has 1 aliphatic heterocycles. The summed E-state index contributed by atoms with van der Waals surface area (Å²) in [5, 5.41) is 13.7. The largest absolute Gasteiger partial charge is 0.358 e. The molecule has 1 N–H and O–H groups in total. The van der Waals surface area contributed by atoms with Crippen molar-refractivity contribution < 1.29 is 9.72 Å². The van der Waals surface area contributed by atoms with Gasteiger partial charge in [0.2, 0.25) is 5.91 Å². The average molecular weight is 312 g/mol. The van der Waals surface area contributed by atoms with Gasteiger partial charge in [0.15, 0.2) is 0 Å². The summed E-state index contributed by atoms with van der Waals surface area (Å²) in [6, 6.07) is 10.3. The first-order valence-electron chi connectivity index (χ1n) is 7.29. The molecule has 7 nitrogen and oxygen atoms in total. The van der Waals surface area contributed by atoms with Gasteiger partial charge in [0.25, 0.3) is 5.69 Å². The van der Waals surface area contributed by atoms with E-state index in [1.165, 1.54) is 18.3 Å². The van der Waals surface area contributed by atoms with Crippen molar-refractivity contribution in [2.24, 2.45) is 0 Å². The maximum atomic E-state index is 12.5. The summed E-state index contributed by atoms with van der Waals surface area (Å²) in [4.78, 5) is 28.3. The van der Waals surface area contributed by atoms with Crippen molar-refractivity contribution in [2.45, 2.75) is 19.4 Å². The first kappa shape index (κ1) is 15.0. The minimum atomic E-state index is -0.503. The second-order valence-electron chi connectivity index (χ2n) is 5.47. The second-order valence-corrected chi connectivity index (χ2v) is 5.47. The minimum absolute atomic E-state index is 0.0194. The Balaban J connectivity index is 1.69. The van der Waals surface area contributed by atoms with Gasteiger partial charge in [0.1, 0.15) is 18.1 Å². The molecule has 2 aromatic rings. The van der Waals surface area contributed by atoms with Gasteiger partial charge in [0.05, 0.1) is 4.92 Å². The average Bonchev–Trinajstić information content (AvgIpc) is 2.90. The molecule has 7 heteroatoms. The molecule has 1 aromatic carbocycles. The Labute approximate surface area is 133 Å². The van der Waals surface area contributed by atoms with Gasteiger partial charge in [-0.15, -0.1) is 0 Å². The number of benzene rings is 1. The quantitative estimate of drug-likeness (QED) is 0.692. The van der Waals surface area contributed by atoms with E-state index in [0.29, 0.717) is 18.8 Å². The van der Waals surface area contributed by atoms with E-state index in [1.807, 2.05) is 31.2 Å². The highest BCUT2D eigenvalue weighted by Gasteiger charge is 2.32. The lowest BCUT2D eigenvalue weighted by Crippen LogP contribution is -2.33. The SMILES string of the molecule is Cc1ccc(N2CCC(Nc3ccc([N+](=O)[O-])cn3)C2=O)cc1. The van der Waals surface area contributed by atoms with Crippen molar-refractivity contribution >= 4 is 23.1 Å². The van der Waals surface area contributed by atoms with Crippen LogP contribution in [0.5, 0.6) is 0 Å². The summed E-state index contributed by atoms with van der Waals surface area (Å²) in [5.74, 6) is 0.439. The van der Waals surface area contributed by atoms with E-state index in [1.54, 1.807) is 4.90 Å². The Morgan fingerprint density at radius 1 is 1.26 bits per heavy atom. The molecule has 1 aliphatic rings. The van der Waals surface area contributed by atoms with Gasteiger partial charge in [-0.2, -0.15) is 0 Å². The monoisotopic (exact) mass is 312 g/mol. The van der Waals surface area contributed by atoms with Crippen molar-refractivity contribution in [3.8, 4) is 0 Å². The Morgan fingerprint density at radius 3 is 2.61 bits per heavy atom. The smallest absolute Gasteiger partial charge is 0.287 e. The molecule has 1 aromatic heterocycles. The third-order valence-corrected chi connectivity index (χ3v) is 3.83. The molecular weight excluding hydrogens is 296 g/mol. The van der Waals surface area contributed by atoms with Crippen LogP contribution in [0.1, 0.15) is 12.0 Å². The Kier molecular flexibility index (Phi) is 3.92. The normalized spacial score (nSPS) is 17.3. The summed E-state index contributed by atoms with van der Waals surface area (Å²) in [6.45, 7) is 2.63. The van der Waals surface area contributed by atoms with Gasteiger partial charge in [-0.1, -0.05) is 17.7 Å². The van der Waals surface area contributed by atoms with E-state index in [4.69, 9.17) is 0 Å². The predicted octanol–water partition coefficient (Wildman–Crippen LogP) is 2.52. The molecule has 1 unspecified atom stereocenters. The lowest BCUT2D eigenvalue weighted by atomic mass is 10.2. The molecule has 118 valence electrons. The highest BCUT2D eigenvalue weighted by atomic mass is 16.6. The van der Waals surface area contributed by atoms with Gasteiger partial charge in [0, 0.05) is 18.3 Å². The van der Waals surface area contributed by atoms with Crippen LogP contribution in [0.25, 0.3) is 0 Å². The van der Waals surface area contributed by atoms with Crippen LogP contribution >= 0.6 is 0 Å². The van der Waals surface area contributed by atoms with E-state index < -0.39 is 4.92 Å². The molecule has 0 spiro atoms. The van der Waals surface area contributed by atoms with Crippen LogP contribution in [-0.4, -0.2) is 28.4 Å². The number of rotatable bonds is 4. The zero-order valence-electron chi connectivity index (χ0n) is 12.6. The molecule has 2 heterocycles. The maximum Gasteiger partial charge on any atom is 0.287 e. The molecule has 0 bridgehead atoms. The van der Waals surface area contributed by atoms with Crippen LogP contribution in [0, 0.1) is 17.0 Å². The fraction of sp³-hybridized carbons (Fsp3) is 0.250. The van der Waals surface area contributed by atoms with Gasteiger partial charge < -0.3 is 10.2 Å². The first-order valence-corrected chi connectivity index (χ1v) is 7.29. The fourth-order valence-electron chi connectivity index (χ4n) is 2.55. The molecular formula is C16H16N4O3. The number of hydrogen-bond donors (Lipinski definition) is 1. The van der Waals surface area contributed by atoms with Crippen LogP contribution < -0.4 is 10.2 Å². The molecule has 1 amide bonds. The molecule has 23 heavy (non-hydrogen) atoms. The maximum absolute atomic E-state index is 12.5. The van der Waals surface area contributed by atoms with Crippen LogP contribution in [0.3, 0.4) is 0 Å². The Morgan fingerprint density at radius 2 is 2.00 bits per heavy atom. The summed E-state index contributed by atoms with van der Waals surface area (Å²) in [5.41, 5.74) is 1.95. The number of carbonyl (C=O) groups excluding carboxylic acids is 1. The van der Waals surface area contributed by atoms with E-state index in [0.717, 1.165) is 11.3 Å². The predicted molar refractivity (Wildman–Crippen MR) is 86.5 cm³/mol. The van der Waals surface area contributed by atoms with E-state index in [2.05, 4.69) is 10.3 Å². The van der Waals surface area contributed by atoms with Crippen LogP contribution in [0.15, 0.2) is 42.6 Å². The number of nitrogens with zero attached hydrogens (tertiary/aromatic N) is 3. The lowest BCUT2D eigenvalue weighted by Gasteiger charge is -2.17. The molecule has 0 saturated carbocycles. The second kappa shape index (κ2) is 6.04. The first-order chi connectivity index (χ1) is 11.0. The van der Waals surface area contributed by atoms with Crippen molar-refractivity contribution in [1.29, 1.82) is 0 Å². The van der Waals surface area contributed by atoms with Crippen molar-refractivity contribution in [3.05, 3.63) is 58.3 Å². The fourth-order valence-corrected chi connectivity index (χ4v) is 2.55. The summed E-state index contributed by atoms with van der Waals surface area (Å²) >= 11 is 0. The molecule has 1 fully saturated rings. The Hall–Kier alpha value is -2.96. The number of amides is 1. The van der Waals surface area contributed by atoms with Gasteiger partial charge in [-0.25, -0.2) is 4.98 Å². The number of aromatic nitrogens is 1. The van der Waals surface area contributed by atoms with E-state index >= 15 is 0 Å².